The maximum atomic E-state index is 12.2. The highest BCUT2D eigenvalue weighted by Crippen LogP contribution is 2.31. The zero-order valence-corrected chi connectivity index (χ0v) is 11.4. The van der Waals surface area contributed by atoms with Crippen LogP contribution in [0, 0.1) is 0 Å². The van der Waals surface area contributed by atoms with Crippen molar-refractivity contribution in [3.8, 4) is 0 Å². The van der Waals surface area contributed by atoms with Gasteiger partial charge in [0.1, 0.15) is 5.76 Å². The summed E-state index contributed by atoms with van der Waals surface area (Å²) in [5, 5.41) is 3.00. The SMILES string of the molecule is O=C1CC(c2ccco2)CC(=O)C1=CNc1ccccc1. The number of nitrogens with one attached hydrogen (secondary N) is 1. The Kier molecular flexibility index (Phi) is 3.69. The summed E-state index contributed by atoms with van der Waals surface area (Å²) in [4.78, 5) is 24.3. The van der Waals surface area contributed by atoms with Gasteiger partial charge in [0, 0.05) is 30.6 Å². The Hall–Kier alpha value is -2.62. The van der Waals surface area contributed by atoms with Crippen molar-refractivity contribution in [1.82, 2.24) is 0 Å². The van der Waals surface area contributed by atoms with E-state index in [-0.39, 0.29) is 23.1 Å². The fourth-order valence-electron chi connectivity index (χ4n) is 2.47. The molecular formula is C17H15NO3. The maximum absolute atomic E-state index is 12.2. The highest BCUT2D eigenvalue weighted by molar-refractivity contribution is 6.22. The van der Waals surface area contributed by atoms with Gasteiger partial charge in [-0.2, -0.15) is 0 Å². The van der Waals surface area contributed by atoms with Crippen molar-refractivity contribution in [3.05, 3.63) is 66.3 Å². The number of allylic oxidation sites excluding steroid dienone is 1. The lowest BCUT2D eigenvalue weighted by Gasteiger charge is -2.20. The number of ketones is 2. The van der Waals surface area contributed by atoms with Gasteiger partial charge in [0.05, 0.1) is 11.8 Å². The third-order valence-electron chi connectivity index (χ3n) is 3.57. The summed E-state index contributed by atoms with van der Waals surface area (Å²) < 4.78 is 5.29. The first kappa shape index (κ1) is 13.4. The van der Waals surface area contributed by atoms with Gasteiger partial charge in [-0.05, 0) is 24.3 Å². The summed E-state index contributed by atoms with van der Waals surface area (Å²) in [5.74, 6) is 0.271. The van der Waals surface area contributed by atoms with Gasteiger partial charge in [-0.25, -0.2) is 0 Å². The number of anilines is 1. The molecule has 1 aromatic heterocycles. The van der Waals surface area contributed by atoms with E-state index in [1.807, 2.05) is 36.4 Å². The minimum absolute atomic E-state index is 0.143. The summed E-state index contributed by atoms with van der Waals surface area (Å²) in [6, 6.07) is 13.0. The number of para-hydroxylation sites is 1. The van der Waals surface area contributed by atoms with Crippen molar-refractivity contribution in [2.75, 3.05) is 5.32 Å². The number of furan rings is 1. The Balaban J connectivity index is 1.73. The Morgan fingerprint density at radius 2 is 1.71 bits per heavy atom. The summed E-state index contributed by atoms with van der Waals surface area (Å²) in [5.41, 5.74) is 1.08. The highest BCUT2D eigenvalue weighted by atomic mass is 16.3. The number of carbonyl (C=O) groups excluding carboxylic acids is 2. The van der Waals surface area contributed by atoms with Crippen LogP contribution in [0.3, 0.4) is 0 Å². The van der Waals surface area contributed by atoms with Gasteiger partial charge < -0.3 is 9.73 Å². The van der Waals surface area contributed by atoms with Crippen molar-refractivity contribution in [2.45, 2.75) is 18.8 Å². The molecule has 0 saturated heterocycles. The molecule has 1 N–H and O–H groups in total. The van der Waals surface area contributed by atoms with E-state index in [1.165, 1.54) is 6.20 Å². The summed E-state index contributed by atoms with van der Waals surface area (Å²) >= 11 is 0. The molecule has 4 nitrogen and oxygen atoms in total. The third kappa shape index (κ3) is 2.94. The van der Waals surface area contributed by atoms with Crippen LogP contribution in [0.4, 0.5) is 5.69 Å². The van der Waals surface area contributed by atoms with E-state index in [1.54, 1.807) is 12.3 Å². The molecule has 21 heavy (non-hydrogen) atoms. The largest absolute Gasteiger partial charge is 0.469 e. The minimum atomic E-state index is -0.145. The van der Waals surface area contributed by atoms with Crippen LogP contribution in [0.25, 0.3) is 0 Å². The number of hydrogen-bond acceptors (Lipinski definition) is 4. The van der Waals surface area contributed by atoms with Gasteiger partial charge >= 0.3 is 0 Å². The molecule has 0 amide bonds. The fourth-order valence-corrected chi connectivity index (χ4v) is 2.47. The molecule has 1 aromatic carbocycles. The number of hydrogen-bond donors (Lipinski definition) is 1. The second-order valence-corrected chi connectivity index (χ2v) is 5.04. The molecule has 0 unspecified atom stereocenters. The Bertz CT molecular complexity index is 651. The molecule has 0 atom stereocenters. The smallest absolute Gasteiger partial charge is 0.168 e. The van der Waals surface area contributed by atoms with Crippen molar-refractivity contribution in [2.24, 2.45) is 0 Å². The molecule has 4 heteroatoms. The standard InChI is InChI=1S/C17H15NO3/c19-15-9-12(17-7-4-8-21-17)10-16(20)14(15)11-18-13-5-2-1-3-6-13/h1-8,11-12,18H,9-10H2. The zero-order chi connectivity index (χ0) is 14.7. The lowest BCUT2D eigenvalue weighted by Crippen LogP contribution is -2.25. The monoisotopic (exact) mass is 281 g/mol. The second kappa shape index (κ2) is 5.79. The summed E-state index contributed by atoms with van der Waals surface area (Å²) in [7, 11) is 0. The van der Waals surface area contributed by atoms with E-state index in [9.17, 15) is 9.59 Å². The normalized spacial score (nSPS) is 18.7. The lowest BCUT2D eigenvalue weighted by molar-refractivity contribution is -0.124. The maximum Gasteiger partial charge on any atom is 0.168 e. The third-order valence-corrected chi connectivity index (χ3v) is 3.57. The average molecular weight is 281 g/mol. The molecule has 1 aliphatic rings. The Morgan fingerprint density at radius 3 is 2.33 bits per heavy atom. The van der Waals surface area contributed by atoms with Gasteiger partial charge in [-0.3, -0.25) is 9.59 Å². The van der Waals surface area contributed by atoms with Gasteiger partial charge in [0.15, 0.2) is 11.6 Å². The van der Waals surface area contributed by atoms with Crippen LogP contribution in [-0.2, 0) is 9.59 Å². The number of Topliss-reactive ketones (excluding diaryl/α,β-unsaturated/α-hetero) is 2. The van der Waals surface area contributed by atoms with Crippen LogP contribution >= 0.6 is 0 Å². The van der Waals surface area contributed by atoms with Gasteiger partial charge in [-0.1, -0.05) is 18.2 Å². The fraction of sp³-hybridized carbons (Fsp3) is 0.176. The van der Waals surface area contributed by atoms with Crippen LogP contribution in [0.5, 0.6) is 0 Å². The van der Waals surface area contributed by atoms with E-state index in [0.717, 1.165) is 5.69 Å². The van der Waals surface area contributed by atoms with Crippen molar-refractivity contribution in [1.29, 1.82) is 0 Å². The molecule has 1 heterocycles. The lowest BCUT2D eigenvalue weighted by atomic mass is 9.83. The average Bonchev–Trinajstić information content (AvgIpc) is 3.01. The van der Waals surface area contributed by atoms with E-state index in [0.29, 0.717) is 18.6 Å². The molecule has 0 bridgehead atoms. The summed E-state index contributed by atoms with van der Waals surface area (Å²) in [6.07, 6.45) is 3.69. The van der Waals surface area contributed by atoms with E-state index >= 15 is 0 Å². The minimum Gasteiger partial charge on any atom is -0.469 e. The van der Waals surface area contributed by atoms with Gasteiger partial charge in [0.25, 0.3) is 0 Å². The zero-order valence-electron chi connectivity index (χ0n) is 11.4. The van der Waals surface area contributed by atoms with E-state index in [2.05, 4.69) is 5.32 Å². The molecule has 0 spiro atoms. The molecule has 3 rings (SSSR count). The predicted octanol–water partition coefficient (Wildman–Crippen LogP) is 3.29. The van der Waals surface area contributed by atoms with Crippen LogP contribution < -0.4 is 5.32 Å². The van der Waals surface area contributed by atoms with Crippen LogP contribution in [0.1, 0.15) is 24.5 Å². The second-order valence-electron chi connectivity index (χ2n) is 5.04. The topological polar surface area (TPSA) is 59.3 Å². The first-order valence-corrected chi connectivity index (χ1v) is 6.85. The molecule has 1 saturated carbocycles. The summed E-state index contributed by atoms with van der Waals surface area (Å²) in [6.45, 7) is 0. The van der Waals surface area contributed by atoms with Crippen molar-refractivity contribution >= 4 is 17.3 Å². The molecule has 0 aliphatic heterocycles. The molecule has 2 aromatic rings. The first-order chi connectivity index (χ1) is 10.2. The van der Waals surface area contributed by atoms with Crippen LogP contribution in [0.2, 0.25) is 0 Å². The quantitative estimate of drug-likeness (QED) is 0.692. The van der Waals surface area contributed by atoms with Crippen molar-refractivity contribution < 1.29 is 14.0 Å². The van der Waals surface area contributed by atoms with E-state index in [4.69, 9.17) is 4.42 Å². The van der Waals surface area contributed by atoms with Crippen molar-refractivity contribution in [3.63, 3.8) is 0 Å². The van der Waals surface area contributed by atoms with Crippen LogP contribution in [-0.4, -0.2) is 11.6 Å². The Labute approximate surface area is 122 Å². The highest BCUT2D eigenvalue weighted by Gasteiger charge is 2.32. The Morgan fingerprint density at radius 1 is 1.00 bits per heavy atom. The molecular weight excluding hydrogens is 266 g/mol. The first-order valence-electron chi connectivity index (χ1n) is 6.85. The number of rotatable bonds is 3. The van der Waals surface area contributed by atoms with Crippen LogP contribution in [0.15, 0.2) is 64.9 Å². The van der Waals surface area contributed by atoms with Gasteiger partial charge in [0.2, 0.25) is 0 Å². The molecule has 1 fully saturated rings. The molecule has 0 radical (unpaired) electrons. The number of benzene rings is 1. The van der Waals surface area contributed by atoms with Gasteiger partial charge in [-0.15, -0.1) is 0 Å². The van der Waals surface area contributed by atoms with E-state index < -0.39 is 0 Å². The molecule has 106 valence electrons. The predicted molar refractivity (Wildman–Crippen MR) is 78.8 cm³/mol. The molecule has 1 aliphatic carbocycles. The number of carbonyl (C=O) groups is 2.